The number of methoxy groups -OCH3 is 2. The monoisotopic (exact) mass is 448 g/mol. The van der Waals surface area contributed by atoms with Crippen LogP contribution in [-0.2, 0) is 9.53 Å². The Morgan fingerprint density at radius 1 is 1.23 bits per heavy atom. The van der Waals surface area contributed by atoms with Crippen LogP contribution in [0.2, 0.25) is 24.7 Å². The number of hydrogen-bond acceptors (Lipinski definition) is 5. The molecule has 0 atom stereocenters. The van der Waals surface area contributed by atoms with Crippen LogP contribution < -0.4 is 10.1 Å². The smallest absolute Gasteiger partial charge is 0.358 e. The number of carbonyl (C=O) groups excluding carboxylic acids is 2. The van der Waals surface area contributed by atoms with E-state index in [1.807, 2.05) is 19.6 Å². The van der Waals surface area contributed by atoms with Gasteiger partial charge in [-0.3, -0.25) is 4.79 Å². The third-order valence-electron chi connectivity index (χ3n) is 3.80. The Morgan fingerprint density at radius 2 is 1.90 bits per heavy atom. The zero-order chi connectivity index (χ0) is 22.6. The number of ether oxygens (including phenoxy) is 2. The fourth-order valence-corrected chi connectivity index (χ4v) is 3.23. The Morgan fingerprint density at radius 3 is 2.43 bits per heavy atom. The van der Waals surface area contributed by atoms with E-state index in [2.05, 4.69) is 21.8 Å². The van der Waals surface area contributed by atoms with E-state index in [-0.39, 0.29) is 44.9 Å². The third-order valence-corrected chi connectivity index (χ3v) is 4.97. The highest BCUT2D eigenvalue weighted by Crippen LogP contribution is 2.36. The average molecular weight is 449 g/mol. The average Bonchev–Trinajstić information content (AvgIpc) is 2.65. The summed E-state index contributed by atoms with van der Waals surface area (Å²) in [5.41, 5.74) is 3.59. The molecule has 0 saturated carbocycles. The predicted octanol–water partition coefficient (Wildman–Crippen LogP) is 4.52. The summed E-state index contributed by atoms with van der Waals surface area (Å²) in [4.78, 5) is 28.5. The lowest BCUT2D eigenvalue weighted by Crippen LogP contribution is -2.18. The van der Waals surface area contributed by atoms with E-state index in [1.165, 1.54) is 39.3 Å². The zero-order valence-electron chi connectivity index (χ0n) is 17.6. The van der Waals surface area contributed by atoms with Crippen molar-refractivity contribution in [2.24, 2.45) is 0 Å². The molecule has 1 aromatic heterocycles. The normalized spacial score (nSPS) is 10.7. The Balaban J connectivity index is 2.86. The topological polar surface area (TPSA) is 77.5 Å². The second-order valence-electron chi connectivity index (χ2n) is 7.39. The standard InChI is InChI=1S/C21H22ClFN2O4Si/c1-12(26)24-17-11-16(13-7-8-15(22)20(28-2)18(13)23)25-19(21(27)29-3)14(17)9-10-30(4,5)6/h7-8,11H,1-6H3,(H,24,25,26). The molecule has 0 fully saturated rings. The maximum Gasteiger partial charge on any atom is 0.358 e. The molecule has 2 aromatic rings. The lowest BCUT2D eigenvalue weighted by molar-refractivity contribution is -0.114. The first kappa shape index (κ1) is 23.4. The van der Waals surface area contributed by atoms with Crippen LogP contribution in [0.1, 0.15) is 23.0 Å². The molecular formula is C21H22ClFN2O4Si. The molecule has 6 nitrogen and oxygen atoms in total. The molecule has 0 aliphatic rings. The molecule has 30 heavy (non-hydrogen) atoms. The summed E-state index contributed by atoms with van der Waals surface area (Å²) in [6, 6.07) is 4.32. The number of anilines is 1. The van der Waals surface area contributed by atoms with Gasteiger partial charge < -0.3 is 14.8 Å². The van der Waals surface area contributed by atoms with E-state index in [0.717, 1.165) is 0 Å². The predicted molar refractivity (Wildman–Crippen MR) is 117 cm³/mol. The zero-order valence-corrected chi connectivity index (χ0v) is 19.3. The first-order valence-electron chi connectivity index (χ1n) is 8.95. The van der Waals surface area contributed by atoms with Gasteiger partial charge in [-0.15, -0.1) is 5.54 Å². The Labute approximate surface area is 180 Å². The van der Waals surface area contributed by atoms with Gasteiger partial charge in [0.15, 0.2) is 17.3 Å². The van der Waals surface area contributed by atoms with E-state index in [9.17, 15) is 14.0 Å². The van der Waals surface area contributed by atoms with Gasteiger partial charge in [0.2, 0.25) is 5.91 Å². The summed E-state index contributed by atoms with van der Waals surface area (Å²) >= 11 is 5.97. The van der Waals surface area contributed by atoms with Crippen molar-refractivity contribution >= 4 is 37.2 Å². The number of pyridine rings is 1. The molecule has 2 rings (SSSR count). The van der Waals surface area contributed by atoms with Gasteiger partial charge >= 0.3 is 5.97 Å². The Kier molecular flexibility index (Phi) is 7.24. The summed E-state index contributed by atoms with van der Waals surface area (Å²) < 4.78 is 24.8. The molecule has 0 aliphatic heterocycles. The van der Waals surface area contributed by atoms with Gasteiger partial charge in [0.1, 0.15) is 8.07 Å². The van der Waals surface area contributed by atoms with Gasteiger partial charge in [0.05, 0.1) is 36.2 Å². The quantitative estimate of drug-likeness (QED) is 0.422. The number of esters is 1. The first-order chi connectivity index (χ1) is 14.0. The highest BCUT2D eigenvalue weighted by Gasteiger charge is 2.23. The SMILES string of the molecule is COC(=O)c1nc(-c2ccc(Cl)c(OC)c2F)cc(NC(C)=O)c1C#C[Si](C)(C)C. The summed E-state index contributed by atoms with van der Waals surface area (Å²) in [7, 11) is 0.675. The van der Waals surface area contributed by atoms with Crippen LogP contribution in [0.3, 0.4) is 0 Å². The molecule has 1 aromatic carbocycles. The molecule has 0 spiro atoms. The molecule has 0 saturated heterocycles. The lowest BCUT2D eigenvalue weighted by atomic mass is 10.0. The molecule has 1 amide bonds. The molecule has 0 bridgehead atoms. The van der Waals surface area contributed by atoms with Gasteiger partial charge in [-0.1, -0.05) is 37.2 Å². The summed E-state index contributed by atoms with van der Waals surface area (Å²) in [6.07, 6.45) is 0. The molecule has 1 N–H and O–H groups in total. The maximum atomic E-state index is 15.0. The van der Waals surface area contributed by atoms with Crippen LogP contribution >= 0.6 is 11.6 Å². The summed E-state index contributed by atoms with van der Waals surface area (Å²) in [5.74, 6) is 0.920. The van der Waals surface area contributed by atoms with E-state index in [0.29, 0.717) is 0 Å². The second-order valence-corrected chi connectivity index (χ2v) is 12.6. The second kappa shape index (κ2) is 9.28. The maximum absolute atomic E-state index is 15.0. The molecule has 9 heteroatoms. The summed E-state index contributed by atoms with van der Waals surface area (Å²) in [5, 5.41) is 2.73. The van der Waals surface area contributed by atoms with Crippen molar-refractivity contribution in [3.8, 4) is 28.5 Å². The van der Waals surface area contributed by atoms with E-state index in [4.69, 9.17) is 21.1 Å². The number of amides is 1. The van der Waals surface area contributed by atoms with Gasteiger partial charge in [-0.25, -0.2) is 14.2 Å². The van der Waals surface area contributed by atoms with Crippen LogP contribution in [-0.4, -0.2) is 39.2 Å². The molecule has 158 valence electrons. The minimum atomic E-state index is -1.82. The lowest BCUT2D eigenvalue weighted by Gasteiger charge is -2.14. The van der Waals surface area contributed by atoms with Crippen molar-refractivity contribution < 1.29 is 23.5 Å². The van der Waals surface area contributed by atoms with E-state index >= 15 is 0 Å². The van der Waals surface area contributed by atoms with Crippen molar-refractivity contribution in [1.29, 1.82) is 0 Å². The Hall–Kier alpha value is -2.89. The van der Waals surface area contributed by atoms with Crippen LogP contribution in [0.25, 0.3) is 11.3 Å². The number of nitrogens with zero attached hydrogens (tertiary/aromatic N) is 1. The number of rotatable bonds is 4. The third kappa shape index (κ3) is 5.37. The van der Waals surface area contributed by atoms with Crippen molar-refractivity contribution in [3.63, 3.8) is 0 Å². The number of nitrogens with one attached hydrogen (secondary N) is 1. The van der Waals surface area contributed by atoms with Crippen molar-refractivity contribution in [2.75, 3.05) is 19.5 Å². The van der Waals surface area contributed by atoms with Gasteiger partial charge in [0, 0.05) is 12.5 Å². The number of halogens is 2. The highest BCUT2D eigenvalue weighted by molar-refractivity contribution is 6.83. The van der Waals surface area contributed by atoms with Crippen molar-refractivity contribution in [1.82, 2.24) is 4.98 Å². The largest absolute Gasteiger partial charge is 0.492 e. The van der Waals surface area contributed by atoms with Crippen LogP contribution in [0, 0.1) is 17.3 Å². The molecule has 0 radical (unpaired) electrons. The molecule has 0 aliphatic carbocycles. The number of carbonyl (C=O) groups is 2. The van der Waals surface area contributed by atoms with E-state index < -0.39 is 19.9 Å². The summed E-state index contributed by atoms with van der Waals surface area (Å²) in [6.45, 7) is 7.42. The van der Waals surface area contributed by atoms with Gasteiger partial charge in [-0.05, 0) is 18.2 Å². The molecule has 0 unspecified atom stereocenters. The van der Waals surface area contributed by atoms with Crippen molar-refractivity contribution in [2.45, 2.75) is 26.6 Å². The van der Waals surface area contributed by atoms with Crippen LogP contribution in [0.4, 0.5) is 10.1 Å². The number of benzene rings is 1. The van der Waals surface area contributed by atoms with Gasteiger partial charge in [-0.2, -0.15) is 0 Å². The fraction of sp³-hybridized carbons (Fsp3) is 0.286. The Bertz CT molecular complexity index is 1070. The number of aromatic nitrogens is 1. The van der Waals surface area contributed by atoms with Crippen molar-refractivity contribution in [3.05, 3.63) is 40.3 Å². The van der Waals surface area contributed by atoms with Crippen LogP contribution in [0.5, 0.6) is 5.75 Å². The molecular weight excluding hydrogens is 427 g/mol. The minimum Gasteiger partial charge on any atom is -0.492 e. The minimum absolute atomic E-state index is 0.0395. The first-order valence-corrected chi connectivity index (χ1v) is 12.8. The fourth-order valence-electron chi connectivity index (χ4n) is 2.51. The van der Waals surface area contributed by atoms with Gasteiger partial charge in [0.25, 0.3) is 0 Å². The van der Waals surface area contributed by atoms with E-state index in [1.54, 1.807) is 0 Å². The van der Waals surface area contributed by atoms with Crippen LogP contribution in [0.15, 0.2) is 18.2 Å². The molecule has 1 heterocycles. The number of hydrogen-bond donors (Lipinski definition) is 1. The highest BCUT2D eigenvalue weighted by atomic mass is 35.5.